The molecule has 1 aromatic carbocycles. The number of sulfone groups is 1. The van der Waals surface area contributed by atoms with Gasteiger partial charge in [-0.2, -0.15) is 13.5 Å². The van der Waals surface area contributed by atoms with Gasteiger partial charge in [-0.3, -0.25) is 4.99 Å². The molecule has 23 heavy (non-hydrogen) atoms. The van der Waals surface area contributed by atoms with Crippen molar-refractivity contribution in [2.45, 2.75) is 36.5 Å². The first-order chi connectivity index (χ1) is 10.2. The van der Waals surface area contributed by atoms with E-state index < -0.39 is 32.6 Å². The maximum atomic E-state index is 14.0. The van der Waals surface area contributed by atoms with Crippen molar-refractivity contribution in [2.24, 2.45) is 10.7 Å². The molecule has 130 valence electrons. The molecule has 8 heteroatoms. The lowest BCUT2D eigenvalue weighted by Gasteiger charge is -2.41. The maximum absolute atomic E-state index is 14.0. The third kappa shape index (κ3) is 3.10. The summed E-state index contributed by atoms with van der Waals surface area (Å²) in [5, 5.41) is 0. The number of aliphatic imine (C=N–C) groups is 1. The number of hydrogen-bond acceptors (Lipinski definition) is 4. The molecule has 1 heterocycles. The molecule has 0 spiro atoms. The summed E-state index contributed by atoms with van der Waals surface area (Å²) in [5.41, 5.74) is 4.60. The Kier molecular flexibility index (Phi) is 5.85. The molecule has 1 aromatic rings. The van der Waals surface area contributed by atoms with E-state index in [-0.39, 0.29) is 44.2 Å². The first-order valence-corrected chi connectivity index (χ1v) is 8.98. The van der Waals surface area contributed by atoms with Crippen LogP contribution in [0.1, 0.15) is 31.7 Å². The Morgan fingerprint density at radius 3 is 2.35 bits per heavy atom. The number of halogens is 2. The highest BCUT2D eigenvalue weighted by molar-refractivity contribution is 7.92. The second-order valence-corrected chi connectivity index (χ2v) is 8.09. The molecule has 0 saturated carbocycles. The minimum atomic E-state index is -3.51. The number of benzene rings is 1. The van der Waals surface area contributed by atoms with E-state index in [1.54, 1.807) is 13.0 Å². The van der Waals surface area contributed by atoms with Crippen molar-refractivity contribution >= 4 is 29.2 Å². The average molecular weight is 364 g/mol. The van der Waals surface area contributed by atoms with Crippen LogP contribution in [0.3, 0.4) is 0 Å². The summed E-state index contributed by atoms with van der Waals surface area (Å²) in [7, 11) is -3.51. The molecular formula is C15H22F2N2O2S2. The summed E-state index contributed by atoms with van der Waals surface area (Å²) < 4.78 is 50.7. The van der Waals surface area contributed by atoms with Gasteiger partial charge in [-0.25, -0.2) is 17.2 Å². The van der Waals surface area contributed by atoms with Gasteiger partial charge in [0.2, 0.25) is 0 Å². The fourth-order valence-electron chi connectivity index (χ4n) is 3.12. The van der Waals surface area contributed by atoms with E-state index in [9.17, 15) is 17.2 Å². The number of hydrogen-bond donors (Lipinski definition) is 1. The number of alkyl halides is 1. The summed E-state index contributed by atoms with van der Waals surface area (Å²) in [4.78, 5) is 4.15. The highest BCUT2D eigenvalue weighted by atomic mass is 32.2. The van der Waals surface area contributed by atoms with Crippen LogP contribution in [0, 0.1) is 5.82 Å². The van der Waals surface area contributed by atoms with Crippen LogP contribution in [0.4, 0.5) is 8.78 Å². The van der Waals surface area contributed by atoms with Crippen molar-refractivity contribution in [1.82, 2.24) is 0 Å². The smallest absolute Gasteiger partial charge is 0.160 e. The van der Waals surface area contributed by atoms with Crippen molar-refractivity contribution in [1.29, 1.82) is 0 Å². The highest BCUT2D eigenvalue weighted by Crippen LogP contribution is 2.43. The Morgan fingerprint density at radius 1 is 1.30 bits per heavy atom. The van der Waals surface area contributed by atoms with E-state index in [4.69, 9.17) is 5.73 Å². The van der Waals surface area contributed by atoms with Crippen LogP contribution in [-0.2, 0) is 15.4 Å². The standard InChI is InChI=1S/C15H20F2N2O2S.H2S/c1-3-15(22(2,20)21)9-8-14(10-16,19-13(15)18)11-6-4-5-7-12(11)17;/h4-7H,3,8-10H2,1-2H3,(H2,18,19);1H2/t14-,15?;/m1./s1. The van der Waals surface area contributed by atoms with E-state index >= 15 is 0 Å². The van der Waals surface area contributed by atoms with E-state index in [0.29, 0.717) is 0 Å². The average Bonchev–Trinajstić information content (AvgIpc) is 2.46. The highest BCUT2D eigenvalue weighted by Gasteiger charge is 2.50. The van der Waals surface area contributed by atoms with Crippen LogP contribution in [0.25, 0.3) is 0 Å². The number of nitrogens with two attached hydrogens (primary N) is 1. The van der Waals surface area contributed by atoms with Gasteiger partial charge >= 0.3 is 0 Å². The van der Waals surface area contributed by atoms with Gasteiger partial charge in [-0.05, 0) is 25.3 Å². The zero-order chi connectivity index (χ0) is 16.6. The molecule has 0 aliphatic carbocycles. The first-order valence-electron chi connectivity index (χ1n) is 7.09. The quantitative estimate of drug-likeness (QED) is 0.892. The molecule has 1 unspecified atom stereocenters. The predicted octanol–water partition coefficient (Wildman–Crippen LogP) is 2.45. The summed E-state index contributed by atoms with van der Waals surface area (Å²) >= 11 is 0. The van der Waals surface area contributed by atoms with Gasteiger partial charge in [0, 0.05) is 11.8 Å². The van der Waals surface area contributed by atoms with Gasteiger partial charge in [0.1, 0.15) is 28.6 Å². The molecule has 0 radical (unpaired) electrons. The lowest BCUT2D eigenvalue weighted by Crippen LogP contribution is -2.55. The zero-order valence-electron chi connectivity index (χ0n) is 13.1. The van der Waals surface area contributed by atoms with Crippen molar-refractivity contribution in [3.8, 4) is 0 Å². The largest absolute Gasteiger partial charge is 0.386 e. The second kappa shape index (κ2) is 6.76. The molecule has 1 aliphatic heterocycles. The molecular weight excluding hydrogens is 342 g/mol. The number of nitrogens with zero attached hydrogens (tertiary/aromatic N) is 1. The van der Waals surface area contributed by atoms with Crippen LogP contribution in [0.5, 0.6) is 0 Å². The SMILES string of the molecule is CCC1(S(C)(=O)=O)CC[C@@](CF)(c2ccccc2F)N=C1N.S. The third-order valence-corrected chi connectivity index (χ3v) is 6.74. The molecule has 0 aromatic heterocycles. The summed E-state index contributed by atoms with van der Waals surface area (Å²) in [5.74, 6) is -0.704. The third-order valence-electron chi connectivity index (χ3n) is 4.62. The zero-order valence-corrected chi connectivity index (χ0v) is 15.0. The summed E-state index contributed by atoms with van der Waals surface area (Å²) in [6.07, 6.45) is 1.56. The topological polar surface area (TPSA) is 72.5 Å². The molecule has 2 rings (SSSR count). The Hall–Kier alpha value is -1.15. The lowest BCUT2D eigenvalue weighted by molar-refractivity contribution is 0.262. The van der Waals surface area contributed by atoms with Crippen molar-refractivity contribution in [2.75, 3.05) is 12.9 Å². The van der Waals surface area contributed by atoms with Crippen LogP contribution >= 0.6 is 13.5 Å². The van der Waals surface area contributed by atoms with E-state index in [1.807, 2.05) is 0 Å². The number of rotatable bonds is 4. The summed E-state index contributed by atoms with van der Waals surface area (Å²) in [6.45, 7) is 0.771. The molecule has 0 amide bonds. The van der Waals surface area contributed by atoms with Crippen LogP contribution in [0.2, 0.25) is 0 Å². The van der Waals surface area contributed by atoms with Crippen molar-refractivity contribution in [3.63, 3.8) is 0 Å². The van der Waals surface area contributed by atoms with Gasteiger partial charge in [0.15, 0.2) is 9.84 Å². The second-order valence-electron chi connectivity index (χ2n) is 5.76. The molecule has 1 aliphatic rings. The molecule has 4 nitrogen and oxygen atoms in total. The van der Waals surface area contributed by atoms with E-state index in [2.05, 4.69) is 4.99 Å². The van der Waals surface area contributed by atoms with E-state index in [1.165, 1.54) is 18.2 Å². The fourth-order valence-corrected chi connectivity index (χ4v) is 4.55. The molecule has 0 saturated heterocycles. The minimum absolute atomic E-state index is 0. The first kappa shape index (κ1) is 19.9. The maximum Gasteiger partial charge on any atom is 0.160 e. The minimum Gasteiger partial charge on any atom is -0.386 e. The molecule has 2 N–H and O–H groups in total. The van der Waals surface area contributed by atoms with Crippen molar-refractivity contribution in [3.05, 3.63) is 35.6 Å². The molecule has 0 bridgehead atoms. The fraction of sp³-hybridized carbons (Fsp3) is 0.533. The summed E-state index contributed by atoms with van der Waals surface area (Å²) in [6, 6.07) is 5.80. The van der Waals surface area contributed by atoms with Crippen molar-refractivity contribution < 1.29 is 17.2 Å². The van der Waals surface area contributed by atoms with Crippen LogP contribution in [-0.4, -0.2) is 31.9 Å². The van der Waals surface area contributed by atoms with Crippen LogP contribution in [0.15, 0.2) is 29.3 Å². The lowest BCUT2D eigenvalue weighted by atomic mass is 9.79. The normalized spacial score (nSPS) is 27.9. The van der Waals surface area contributed by atoms with Gasteiger partial charge in [-0.1, -0.05) is 25.1 Å². The Bertz CT molecular complexity index is 709. The van der Waals surface area contributed by atoms with Gasteiger partial charge in [-0.15, -0.1) is 0 Å². The van der Waals surface area contributed by atoms with E-state index in [0.717, 1.165) is 6.26 Å². The Balaban J connectivity index is 0.00000264. The van der Waals surface area contributed by atoms with Gasteiger partial charge in [0.05, 0.1) is 0 Å². The molecule has 2 atom stereocenters. The Morgan fingerprint density at radius 2 is 1.91 bits per heavy atom. The monoisotopic (exact) mass is 364 g/mol. The van der Waals surface area contributed by atoms with Gasteiger partial charge in [0.25, 0.3) is 0 Å². The molecule has 0 fully saturated rings. The van der Waals surface area contributed by atoms with Crippen LogP contribution < -0.4 is 5.73 Å². The Labute approximate surface area is 142 Å². The van der Waals surface area contributed by atoms with Gasteiger partial charge < -0.3 is 5.73 Å². The predicted molar refractivity (Wildman–Crippen MR) is 93.2 cm³/mol. The number of amidine groups is 1.